The molecule has 0 saturated carbocycles. The number of carbonyl (C=O) groups excluding carboxylic acids is 1. The lowest BCUT2D eigenvalue weighted by Gasteiger charge is -2.06. The number of nitriles is 1. The minimum Gasteiger partial charge on any atom is -0.454 e. The van der Waals surface area contributed by atoms with E-state index in [0.29, 0.717) is 23.6 Å². The van der Waals surface area contributed by atoms with Crippen molar-refractivity contribution in [3.8, 4) is 17.6 Å². The molecule has 0 radical (unpaired) electrons. The van der Waals surface area contributed by atoms with Gasteiger partial charge in [-0.05, 0) is 25.1 Å². The predicted octanol–water partition coefficient (Wildman–Crippen LogP) is 1.30. The van der Waals surface area contributed by atoms with Gasteiger partial charge < -0.3 is 14.8 Å². The number of hydrogen-bond acceptors (Lipinski definition) is 4. The summed E-state index contributed by atoms with van der Waals surface area (Å²) in [7, 11) is 0. The van der Waals surface area contributed by atoms with Gasteiger partial charge in [0, 0.05) is 12.1 Å². The van der Waals surface area contributed by atoms with Crippen LogP contribution < -0.4 is 14.8 Å². The topological polar surface area (TPSA) is 71.4 Å². The Bertz CT molecular complexity index is 479. The molecule has 0 spiro atoms. The first-order chi connectivity index (χ1) is 8.20. The minimum atomic E-state index is -0.217. The number of nitrogens with one attached hydrogen (secondary N) is 1. The average molecular weight is 232 g/mol. The lowest BCUT2D eigenvalue weighted by Crippen LogP contribution is -2.27. The largest absolute Gasteiger partial charge is 0.454 e. The van der Waals surface area contributed by atoms with Gasteiger partial charge in [-0.25, -0.2) is 0 Å². The Hall–Kier alpha value is -2.22. The number of fused-ring (bicyclic) bond motifs is 1. The molecule has 5 heteroatoms. The number of amides is 1. The van der Waals surface area contributed by atoms with E-state index in [2.05, 4.69) is 11.4 Å². The van der Waals surface area contributed by atoms with Crippen LogP contribution in [0.2, 0.25) is 0 Å². The molecule has 88 valence electrons. The van der Waals surface area contributed by atoms with Crippen LogP contribution in [-0.4, -0.2) is 19.2 Å². The molecule has 1 aliphatic rings. The molecule has 0 aromatic heterocycles. The number of nitrogens with zero attached hydrogens (tertiary/aromatic N) is 1. The molecule has 17 heavy (non-hydrogen) atoms. The van der Waals surface area contributed by atoms with Gasteiger partial charge in [0.15, 0.2) is 11.5 Å². The zero-order valence-corrected chi connectivity index (χ0v) is 9.40. The van der Waals surface area contributed by atoms with E-state index in [0.717, 1.165) is 0 Å². The molecule has 1 heterocycles. The molecule has 0 aliphatic carbocycles. The van der Waals surface area contributed by atoms with E-state index in [9.17, 15) is 4.79 Å². The van der Waals surface area contributed by atoms with Gasteiger partial charge in [-0.1, -0.05) is 0 Å². The number of ether oxygens (including phenoxy) is 2. The van der Waals surface area contributed by atoms with Crippen LogP contribution >= 0.6 is 0 Å². The summed E-state index contributed by atoms with van der Waals surface area (Å²) < 4.78 is 10.3. The van der Waals surface area contributed by atoms with Gasteiger partial charge >= 0.3 is 0 Å². The number of rotatable bonds is 3. The molecule has 2 rings (SSSR count). The SMILES string of the molecule is CC(C#N)CNC(=O)c1ccc2c(c1)OCO2. The van der Waals surface area contributed by atoms with Crippen LogP contribution in [0.5, 0.6) is 11.5 Å². The Morgan fingerprint density at radius 2 is 2.29 bits per heavy atom. The van der Waals surface area contributed by atoms with Gasteiger partial charge in [0.2, 0.25) is 6.79 Å². The van der Waals surface area contributed by atoms with E-state index >= 15 is 0 Å². The summed E-state index contributed by atoms with van der Waals surface area (Å²) in [6.45, 7) is 2.27. The highest BCUT2D eigenvalue weighted by atomic mass is 16.7. The Kier molecular flexibility index (Phi) is 3.15. The Labute approximate surface area is 98.9 Å². The fourth-order valence-corrected chi connectivity index (χ4v) is 1.43. The number of hydrogen-bond donors (Lipinski definition) is 1. The van der Waals surface area contributed by atoms with E-state index in [1.807, 2.05) is 0 Å². The van der Waals surface area contributed by atoms with Crippen LogP contribution in [-0.2, 0) is 0 Å². The fourth-order valence-electron chi connectivity index (χ4n) is 1.43. The molecule has 0 bridgehead atoms. The zero-order valence-electron chi connectivity index (χ0n) is 9.40. The quantitative estimate of drug-likeness (QED) is 0.852. The van der Waals surface area contributed by atoms with Gasteiger partial charge in [-0.2, -0.15) is 5.26 Å². The summed E-state index contributed by atoms with van der Waals surface area (Å²) in [5, 5.41) is 11.3. The first-order valence-corrected chi connectivity index (χ1v) is 5.28. The smallest absolute Gasteiger partial charge is 0.251 e. The highest BCUT2D eigenvalue weighted by Crippen LogP contribution is 2.32. The van der Waals surface area contributed by atoms with Gasteiger partial charge in [-0.3, -0.25) is 4.79 Å². The molecule has 1 aliphatic heterocycles. The summed E-state index contributed by atoms with van der Waals surface area (Å²) >= 11 is 0. The van der Waals surface area contributed by atoms with Crippen molar-refractivity contribution in [1.29, 1.82) is 5.26 Å². The molecule has 1 N–H and O–H groups in total. The Morgan fingerprint density at radius 3 is 3.06 bits per heavy atom. The molecule has 1 aromatic carbocycles. The first kappa shape index (κ1) is 11.3. The van der Waals surface area contributed by atoms with Crippen molar-refractivity contribution in [2.75, 3.05) is 13.3 Å². The zero-order chi connectivity index (χ0) is 12.3. The lowest BCUT2D eigenvalue weighted by atomic mass is 10.1. The monoisotopic (exact) mass is 232 g/mol. The van der Waals surface area contributed by atoms with E-state index < -0.39 is 0 Å². The van der Waals surface area contributed by atoms with Gasteiger partial charge in [0.1, 0.15) is 0 Å². The van der Waals surface area contributed by atoms with Crippen LogP contribution in [0.3, 0.4) is 0 Å². The van der Waals surface area contributed by atoms with E-state index in [4.69, 9.17) is 14.7 Å². The predicted molar refractivity (Wildman–Crippen MR) is 59.7 cm³/mol. The maximum atomic E-state index is 11.7. The van der Waals surface area contributed by atoms with Crippen LogP contribution in [0.4, 0.5) is 0 Å². The van der Waals surface area contributed by atoms with E-state index in [-0.39, 0.29) is 18.6 Å². The van der Waals surface area contributed by atoms with E-state index in [1.165, 1.54) is 0 Å². The third-order valence-corrected chi connectivity index (χ3v) is 2.42. The maximum Gasteiger partial charge on any atom is 0.251 e. The van der Waals surface area contributed by atoms with Crippen molar-refractivity contribution >= 4 is 5.91 Å². The molecule has 0 fully saturated rings. The van der Waals surface area contributed by atoms with Crippen LogP contribution in [0, 0.1) is 17.2 Å². The summed E-state index contributed by atoms with van der Waals surface area (Å²) in [4.78, 5) is 11.7. The molecular weight excluding hydrogens is 220 g/mol. The molecule has 0 saturated heterocycles. The molecule has 1 unspecified atom stereocenters. The Balaban J connectivity index is 2.03. The standard InChI is InChI=1S/C12H12N2O3/c1-8(5-13)6-14-12(15)9-2-3-10-11(4-9)17-7-16-10/h2-4,8H,6-7H2,1H3,(H,14,15). The minimum absolute atomic E-state index is 0.186. The molecule has 1 amide bonds. The summed E-state index contributed by atoms with van der Waals surface area (Å²) in [5.41, 5.74) is 0.499. The van der Waals surface area contributed by atoms with Crippen molar-refractivity contribution in [3.63, 3.8) is 0 Å². The third kappa shape index (κ3) is 2.48. The van der Waals surface area contributed by atoms with Crippen molar-refractivity contribution < 1.29 is 14.3 Å². The first-order valence-electron chi connectivity index (χ1n) is 5.28. The number of benzene rings is 1. The van der Waals surface area contributed by atoms with Crippen LogP contribution in [0.1, 0.15) is 17.3 Å². The highest BCUT2D eigenvalue weighted by molar-refractivity contribution is 5.94. The fraction of sp³-hybridized carbons (Fsp3) is 0.333. The molecular formula is C12H12N2O3. The van der Waals surface area contributed by atoms with Crippen molar-refractivity contribution in [3.05, 3.63) is 23.8 Å². The van der Waals surface area contributed by atoms with E-state index in [1.54, 1.807) is 25.1 Å². The Morgan fingerprint density at radius 1 is 1.53 bits per heavy atom. The maximum absolute atomic E-state index is 11.7. The number of carbonyl (C=O) groups is 1. The second kappa shape index (κ2) is 4.74. The molecule has 1 aromatic rings. The van der Waals surface area contributed by atoms with Crippen molar-refractivity contribution in [2.45, 2.75) is 6.92 Å². The lowest BCUT2D eigenvalue weighted by molar-refractivity contribution is 0.0950. The third-order valence-electron chi connectivity index (χ3n) is 2.42. The van der Waals surface area contributed by atoms with Crippen LogP contribution in [0.25, 0.3) is 0 Å². The summed E-state index contributed by atoms with van der Waals surface area (Å²) in [6, 6.07) is 7.05. The van der Waals surface area contributed by atoms with Crippen LogP contribution in [0.15, 0.2) is 18.2 Å². The second-order valence-corrected chi connectivity index (χ2v) is 3.81. The summed E-state index contributed by atoms with van der Waals surface area (Å²) in [5.74, 6) is 0.802. The normalized spacial score (nSPS) is 13.9. The highest BCUT2D eigenvalue weighted by Gasteiger charge is 2.16. The van der Waals surface area contributed by atoms with Gasteiger partial charge in [-0.15, -0.1) is 0 Å². The molecule has 5 nitrogen and oxygen atoms in total. The van der Waals surface area contributed by atoms with Crippen molar-refractivity contribution in [2.24, 2.45) is 5.92 Å². The summed E-state index contributed by atoms with van der Waals surface area (Å²) in [6.07, 6.45) is 0. The van der Waals surface area contributed by atoms with Gasteiger partial charge in [0.05, 0.1) is 12.0 Å². The molecule has 1 atom stereocenters. The average Bonchev–Trinajstić information content (AvgIpc) is 2.82. The second-order valence-electron chi connectivity index (χ2n) is 3.81. The van der Waals surface area contributed by atoms with Gasteiger partial charge in [0.25, 0.3) is 5.91 Å². The van der Waals surface area contributed by atoms with Crippen molar-refractivity contribution in [1.82, 2.24) is 5.32 Å².